The maximum Gasteiger partial charge on any atom is 0.425 e. The van der Waals surface area contributed by atoms with E-state index in [4.69, 9.17) is 0 Å². The lowest BCUT2D eigenvalue weighted by Crippen LogP contribution is -2.49. The summed E-state index contributed by atoms with van der Waals surface area (Å²) in [5.74, 6) is -5.63. The van der Waals surface area contributed by atoms with Gasteiger partial charge in [-0.25, -0.2) is 13.2 Å². The molecule has 1 rings (SSSR count). The Morgan fingerprint density at radius 3 is 2.10 bits per heavy atom. The van der Waals surface area contributed by atoms with Crippen molar-refractivity contribution in [3.63, 3.8) is 0 Å². The second-order valence-electron chi connectivity index (χ2n) is 4.19. The van der Waals surface area contributed by atoms with E-state index in [9.17, 15) is 31.1 Å². The Hall–Kier alpha value is -1.73. The minimum absolute atomic E-state index is 0.0215. The molecular formula is C12H11F6NO. The molecular weight excluding hydrogens is 288 g/mol. The average molecular weight is 299 g/mol. The van der Waals surface area contributed by atoms with E-state index in [0.717, 1.165) is 7.05 Å². The Labute approximate surface area is 111 Å². The molecule has 112 valence electrons. The minimum atomic E-state index is -5.68. The van der Waals surface area contributed by atoms with Crippen molar-refractivity contribution in [3.05, 3.63) is 35.9 Å². The van der Waals surface area contributed by atoms with Crippen molar-refractivity contribution in [2.24, 2.45) is 0 Å². The maximum atomic E-state index is 13.2. The van der Waals surface area contributed by atoms with Crippen LogP contribution in [0.25, 0.3) is 0 Å². The fourth-order valence-electron chi connectivity index (χ4n) is 1.51. The normalized spacial score (nSPS) is 13.9. The standard InChI is InChI=1S/C12H11F6NO/c1-19(9(20)8-5-3-2-4-6-8)7-11(14,15)10(13)12(16,17)18/h2-6,10H,7H2,1H3. The highest BCUT2D eigenvalue weighted by Gasteiger charge is 2.57. The summed E-state index contributed by atoms with van der Waals surface area (Å²) >= 11 is 0. The first-order valence-corrected chi connectivity index (χ1v) is 5.45. The molecule has 0 aliphatic rings. The molecule has 2 nitrogen and oxygen atoms in total. The summed E-state index contributed by atoms with van der Waals surface area (Å²) in [7, 11) is 0.881. The zero-order valence-electron chi connectivity index (χ0n) is 10.3. The predicted molar refractivity (Wildman–Crippen MR) is 59.3 cm³/mol. The van der Waals surface area contributed by atoms with Crippen LogP contribution in [0.15, 0.2) is 30.3 Å². The topological polar surface area (TPSA) is 20.3 Å². The van der Waals surface area contributed by atoms with Gasteiger partial charge in [0.25, 0.3) is 12.1 Å². The second-order valence-corrected chi connectivity index (χ2v) is 4.19. The second kappa shape index (κ2) is 5.72. The molecule has 0 saturated carbocycles. The van der Waals surface area contributed by atoms with E-state index in [2.05, 4.69) is 0 Å². The molecule has 0 saturated heterocycles. The number of benzene rings is 1. The van der Waals surface area contributed by atoms with Crippen LogP contribution in [0.4, 0.5) is 26.3 Å². The highest BCUT2D eigenvalue weighted by molar-refractivity contribution is 5.94. The highest BCUT2D eigenvalue weighted by atomic mass is 19.4. The molecule has 1 aromatic rings. The van der Waals surface area contributed by atoms with Crippen LogP contribution in [0, 0.1) is 0 Å². The van der Waals surface area contributed by atoms with E-state index >= 15 is 0 Å². The first kappa shape index (κ1) is 16.3. The molecule has 8 heteroatoms. The summed E-state index contributed by atoms with van der Waals surface area (Å²) in [4.78, 5) is 12.0. The summed E-state index contributed by atoms with van der Waals surface area (Å²) in [6.07, 6.45) is -10.00. The van der Waals surface area contributed by atoms with E-state index in [1.165, 1.54) is 24.3 Å². The van der Waals surface area contributed by atoms with Crippen molar-refractivity contribution in [2.45, 2.75) is 18.3 Å². The van der Waals surface area contributed by atoms with E-state index in [1.807, 2.05) is 0 Å². The predicted octanol–water partition coefficient (Wildman–Crippen LogP) is 3.29. The van der Waals surface area contributed by atoms with Gasteiger partial charge in [-0.3, -0.25) is 4.79 Å². The fourth-order valence-corrected chi connectivity index (χ4v) is 1.51. The van der Waals surface area contributed by atoms with Gasteiger partial charge in [-0.1, -0.05) is 18.2 Å². The number of hydrogen-bond donors (Lipinski definition) is 0. The zero-order valence-corrected chi connectivity index (χ0v) is 10.3. The van der Waals surface area contributed by atoms with Crippen LogP contribution in [0.5, 0.6) is 0 Å². The van der Waals surface area contributed by atoms with Crippen LogP contribution in [0.2, 0.25) is 0 Å². The minimum Gasteiger partial charge on any atom is -0.336 e. The third-order valence-electron chi connectivity index (χ3n) is 2.47. The van der Waals surface area contributed by atoms with Gasteiger partial charge in [-0.05, 0) is 12.1 Å². The van der Waals surface area contributed by atoms with Crippen molar-refractivity contribution < 1.29 is 31.1 Å². The molecule has 0 bridgehead atoms. The third kappa shape index (κ3) is 3.88. The summed E-state index contributed by atoms with van der Waals surface area (Å²) in [6.45, 7) is -1.67. The van der Waals surface area contributed by atoms with Crippen molar-refractivity contribution in [1.29, 1.82) is 0 Å². The lowest BCUT2D eigenvalue weighted by atomic mass is 10.1. The Bertz CT molecular complexity index is 459. The van der Waals surface area contributed by atoms with Crippen LogP contribution >= 0.6 is 0 Å². The van der Waals surface area contributed by atoms with Gasteiger partial charge in [0.1, 0.15) is 0 Å². The monoisotopic (exact) mass is 299 g/mol. The van der Waals surface area contributed by atoms with Crippen LogP contribution in [-0.2, 0) is 0 Å². The fraction of sp³-hybridized carbons (Fsp3) is 0.417. The van der Waals surface area contributed by atoms with Gasteiger partial charge in [0.2, 0.25) is 0 Å². The van der Waals surface area contributed by atoms with Gasteiger partial charge in [-0.2, -0.15) is 13.2 Å². The van der Waals surface area contributed by atoms with Crippen molar-refractivity contribution in [1.82, 2.24) is 4.90 Å². The van der Waals surface area contributed by atoms with Gasteiger partial charge < -0.3 is 4.90 Å². The summed E-state index contributed by atoms with van der Waals surface area (Å²) < 4.78 is 74.9. The van der Waals surface area contributed by atoms with Crippen molar-refractivity contribution in [3.8, 4) is 0 Å². The van der Waals surface area contributed by atoms with Gasteiger partial charge in [-0.15, -0.1) is 0 Å². The van der Waals surface area contributed by atoms with E-state index < -0.39 is 30.7 Å². The van der Waals surface area contributed by atoms with E-state index in [0.29, 0.717) is 4.90 Å². The number of carbonyl (C=O) groups excluding carboxylic acids is 1. The Kier molecular flexibility index (Phi) is 4.67. The number of nitrogens with zero attached hydrogens (tertiary/aromatic N) is 1. The van der Waals surface area contributed by atoms with Crippen LogP contribution in [0.1, 0.15) is 10.4 Å². The molecule has 1 unspecified atom stereocenters. The summed E-state index contributed by atoms with van der Waals surface area (Å²) in [5.41, 5.74) is 0.0215. The molecule has 1 aromatic carbocycles. The molecule has 1 amide bonds. The summed E-state index contributed by atoms with van der Waals surface area (Å²) in [5, 5.41) is 0. The highest BCUT2D eigenvalue weighted by Crippen LogP contribution is 2.35. The van der Waals surface area contributed by atoms with Gasteiger partial charge in [0, 0.05) is 12.6 Å². The Balaban J connectivity index is 2.80. The van der Waals surface area contributed by atoms with Crippen LogP contribution < -0.4 is 0 Å². The molecule has 0 radical (unpaired) electrons. The first-order valence-electron chi connectivity index (χ1n) is 5.45. The van der Waals surface area contributed by atoms with Gasteiger partial charge in [0.05, 0.1) is 6.54 Å². The van der Waals surface area contributed by atoms with E-state index in [-0.39, 0.29) is 5.56 Å². The zero-order chi connectivity index (χ0) is 15.6. The molecule has 20 heavy (non-hydrogen) atoms. The third-order valence-corrected chi connectivity index (χ3v) is 2.47. The number of rotatable bonds is 4. The molecule has 0 N–H and O–H groups in total. The Morgan fingerprint density at radius 2 is 1.65 bits per heavy atom. The van der Waals surface area contributed by atoms with Crippen LogP contribution in [0.3, 0.4) is 0 Å². The molecule has 0 aliphatic heterocycles. The molecule has 0 spiro atoms. The van der Waals surface area contributed by atoms with Crippen LogP contribution in [-0.4, -0.2) is 42.7 Å². The number of amides is 1. The molecule has 1 atom stereocenters. The largest absolute Gasteiger partial charge is 0.425 e. The average Bonchev–Trinajstić information content (AvgIpc) is 2.36. The first-order chi connectivity index (χ1) is 9.05. The number of alkyl halides is 6. The van der Waals surface area contributed by atoms with Gasteiger partial charge in [0.15, 0.2) is 0 Å². The molecule has 0 aromatic heterocycles. The quantitative estimate of drug-likeness (QED) is 0.781. The molecule has 0 heterocycles. The lowest BCUT2D eigenvalue weighted by molar-refractivity contribution is -0.245. The number of carbonyl (C=O) groups is 1. The van der Waals surface area contributed by atoms with Crippen molar-refractivity contribution in [2.75, 3.05) is 13.6 Å². The summed E-state index contributed by atoms with van der Waals surface area (Å²) in [6, 6.07) is 7.13. The van der Waals surface area contributed by atoms with Gasteiger partial charge >= 0.3 is 12.1 Å². The SMILES string of the molecule is CN(CC(F)(F)C(F)C(F)(F)F)C(=O)c1ccccc1. The molecule has 0 aliphatic carbocycles. The lowest BCUT2D eigenvalue weighted by Gasteiger charge is -2.27. The number of hydrogen-bond acceptors (Lipinski definition) is 1. The smallest absolute Gasteiger partial charge is 0.336 e. The molecule has 0 fully saturated rings. The maximum absolute atomic E-state index is 13.2. The van der Waals surface area contributed by atoms with Crippen molar-refractivity contribution >= 4 is 5.91 Å². The Morgan fingerprint density at radius 1 is 1.15 bits per heavy atom. The number of halogens is 6. The van der Waals surface area contributed by atoms with E-state index in [1.54, 1.807) is 6.07 Å².